The first-order valence-electron chi connectivity index (χ1n) is 10.4. The van der Waals surface area contributed by atoms with Gasteiger partial charge in [0.1, 0.15) is 11.2 Å². The van der Waals surface area contributed by atoms with E-state index >= 15 is 0 Å². The summed E-state index contributed by atoms with van der Waals surface area (Å²) in [5.74, 6) is 0.123. The number of furan rings is 1. The van der Waals surface area contributed by atoms with Crippen molar-refractivity contribution < 1.29 is 13.6 Å². The van der Waals surface area contributed by atoms with Gasteiger partial charge in [-0.15, -0.1) is 0 Å². The van der Waals surface area contributed by atoms with Gasteiger partial charge in [0, 0.05) is 47.0 Å². The van der Waals surface area contributed by atoms with Crippen molar-refractivity contribution in [2.24, 2.45) is 0 Å². The van der Waals surface area contributed by atoms with E-state index in [9.17, 15) is 9.59 Å². The molecule has 154 valence electrons. The van der Waals surface area contributed by atoms with E-state index in [2.05, 4.69) is 26.8 Å². The second-order valence-corrected chi connectivity index (χ2v) is 9.24. The summed E-state index contributed by atoms with van der Waals surface area (Å²) in [6.45, 7) is 12.0. The minimum absolute atomic E-state index is 0.0557. The van der Waals surface area contributed by atoms with E-state index < -0.39 is 0 Å². The van der Waals surface area contributed by atoms with Crippen molar-refractivity contribution in [3.8, 4) is 0 Å². The Bertz CT molecular complexity index is 1150. The number of hydrogen-bond acceptors (Lipinski definition) is 4. The molecule has 0 bridgehead atoms. The van der Waals surface area contributed by atoms with Crippen LogP contribution in [0.2, 0.25) is 0 Å². The first-order valence-corrected chi connectivity index (χ1v) is 10.4. The molecule has 5 heteroatoms. The lowest BCUT2D eigenvalue weighted by Gasteiger charge is -2.17. The van der Waals surface area contributed by atoms with Crippen LogP contribution in [0.15, 0.2) is 26.0 Å². The second-order valence-electron chi connectivity index (χ2n) is 9.24. The molecule has 0 atom stereocenters. The highest BCUT2D eigenvalue weighted by Crippen LogP contribution is 2.37. The highest BCUT2D eigenvalue weighted by molar-refractivity contribution is 6.00. The predicted octanol–water partition coefficient (Wildman–Crippen LogP) is 5.01. The number of hydrogen-bond donors (Lipinski definition) is 0. The van der Waals surface area contributed by atoms with E-state index in [0.29, 0.717) is 24.0 Å². The average Bonchev–Trinajstić information content (AvgIpc) is 3.32. The molecular formula is C24H29NO4. The van der Waals surface area contributed by atoms with Crippen LogP contribution in [-0.2, 0) is 16.6 Å². The molecule has 2 aromatic heterocycles. The first kappa shape index (κ1) is 19.7. The molecule has 1 aromatic carbocycles. The van der Waals surface area contributed by atoms with Crippen LogP contribution in [-0.4, -0.2) is 23.9 Å². The van der Waals surface area contributed by atoms with Gasteiger partial charge in [0.15, 0.2) is 0 Å². The number of nitrogens with zero attached hydrogens (tertiary/aromatic N) is 1. The van der Waals surface area contributed by atoms with Gasteiger partial charge in [-0.2, -0.15) is 0 Å². The molecule has 0 saturated carbocycles. The molecule has 5 nitrogen and oxygen atoms in total. The summed E-state index contributed by atoms with van der Waals surface area (Å²) < 4.78 is 11.6. The van der Waals surface area contributed by atoms with Crippen molar-refractivity contribution in [1.82, 2.24) is 4.90 Å². The summed E-state index contributed by atoms with van der Waals surface area (Å²) in [4.78, 5) is 27.0. The molecule has 0 spiro atoms. The second kappa shape index (κ2) is 7.05. The Labute approximate surface area is 170 Å². The molecule has 1 saturated heterocycles. The van der Waals surface area contributed by atoms with Gasteiger partial charge in [0.2, 0.25) is 5.91 Å². The maximum absolute atomic E-state index is 12.7. The lowest BCUT2D eigenvalue weighted by Crippen LogP contribution is -2.28. The van der Waals surface area contributed by atoms with E-state index in [4.69, 9.17) is 8.83 Å². The SMILES string of the molecule is Cc1c(CCC(=O)N2CCCC2)c(=O)oc2c(C)c3occ(C(C)(C)C)c3cc12. The molecule has 29 heavy (non-hydrogen) atoms. The number of aryl methyl sites for hydroxylation is 2. The number of carbonyl (C=O) groups is 1. The van der Waals surface area contributed by atoms with Crippen molar-refractivity contribution >= 4 is 27.8 Å². The Morgan fingerprint density at radius 1 is 1.07 bits per heavy atom. The number of likely N-dealkylation sites (tertiary alicyclic amines) is 1. The Morgan fingerprint density at radius 3 is 2.41 bits per heavy atom. The first-order chi connectivity index (χ1) is 13.7. The van der Waals surface area contributed by atoms with Crippen molar-refractivity contribution in [3.05, 3.63) is 45.0 Å². The third kappa shape index (κ3) is 3.37. The number of carbonyl (C=O) groups excluding carboxylic acids is 1. The molecule has 0 N–H and O–H groups in total. The Hall–Kier alpha value is -2.56. The van der Waals surface area contributed by atoms with Gasteiger partial charge in [-0.25, -0.2) is 4.79 Å². The van der Waals surface area contributed by atoms with Crippen molar-refractivity contribution in [3.63, 3.8) is 0 Å². The molecule has 0 aliphatic carbocycles. The Balaban J connectivity index is 1.79. The van der Waals surface area contributed by atoms with Gasteiger partial charge in [-0.1, -0.05) is 20.8 Å². The van der Waals surface area contributed by atoms with E-state index in [1.807, 2.05) is 18.7 Å². The highest BCUT2D eigenvalue weighted by Gasteiger charge is 2.24. The topological polar surface area (TPSA) is 63.7 Å². The molecule has 4 rings (SSSR count). The zero-order chi connectivity index (χ0) is 20.9. The summed E-state index contributed by atoms with van der Waals surface area (Å²) in [5, 5.41) is 1.98. The zero-order valence-electron chi connectivity index (χ0n) is 18.0. The van der Waals surface area contributed by atoms with Crippen LogP contribution in [0.4, 0.5) is 0 Å². The molecule has 3 aromatic rings. The fourth-order valence-electron chi connectivity index (χ4n) is 4.42. The Morgan fingerprint density at radius 2 is 1.76 bits per heavy atom. The summed E-state index contributed by atoms with van der Waals surface area (Å²) in [7, 11) is 0. The average molecular weight is 395 g/mol. The predicted molar refractivity (Wildman–Crippen MR) is 115 cm³/mol. The van der Waals surface area contributed by atoms with E-state index in [-0.39, 0.29) is 16.9 Å². The van der Waals surface area contributed by atoms with Crippen molar-refractivity contribution in [2.45, 2.75) is 65.7 Å². The van der Waals surface area contributed by atoms with E-state index in [1.54, 1.807) is 6.26 Å². The molecule has 1 amide bonds. The number of benzene rings is 1. The largest absolute Gasteiger partial charge is 0.464 e. The van der Waals surface area contributed by atoms with Crippen LogP contribution in [0, 0.1) is 13.8 Å². The van der Waals surface area contributed by atoms with Gasteiger partial charge in [-0.05, 0) is 50.2 Å². The molecule has 1 fully saturated rings. The summed E-state index contributed by atoms with van der Waals surface area (Å²) in [6.07, 6.45) is 4.70. The number of fused-ring (bicyclic) bond motifs is 2. The number of amides is 1. The molecule has 0 radical (unpaired) electrons. The van der Waals surface area contributed by atoms with Gasteiger partial charge in [0.25, 0.3) is 0 Å². The van der Waals surface area contributed by atoms with Crippen LogP contribution in [0.25, 0.3) is 21.9 Å². The van der Waals surface area contributed by atoms with Crippen LogP contribution in [0.5, 0.6) is 0 Å². The van der Waals surface area contributed by atoms with E-state index in [1.165, 1.54) is 0 Å². The minimum Gasteiger partial charge on any atom is -0.464 e. The quantitative estimate of drug-likeness (QED) is 0.585. The highest BCUT2D eigenvalue weighted by atomic mass is 16.4. The van der Waals surface area contributed by atoms with Crippen LogP contribution < -0.4 is 5.63 Å². The fourth-order valence-corrected chi connectivity index (χ4v) is 4.42. The van der Waals surface area contributed by atoms with Crippen molar-refractivity contribution in [2.75, 3.05) is 13.1 Å². The van der Waals surface area contributed by atoms with Gasteiger partial charge < -0.3 is 13.7 Å². The fraction of sp³-hybridized carbons (Fsp3) is 0.500. The maximum atomic E-state index is 12.7. The molecule has 1 aliphatic rings. The molecule has 1 aliphatic heterocycles. The Kier molecular flexibility index (Phi) is 4.80. The number of rotatable bonds is 3. The third-order valence-electron chi connectivity index (χ3n) is 6.20. The summed E-state index contributed by atoms with van der Waals surface area (Å²) in [5.41, 5.74) is 4.41. The van der Waals surface area contributed by atoms with E-state index in [0.717, 1.165) is 59.0 Å². The maximum Gasteiger partial charge on any atom is 0.339 e. The smallest absolute Gasteiger partial charge is 0.339 e. The van der Waals surface area contributed by atoms with Crippen molar-refractivity contribution in [1.29, 1.82) is 0 Å². The lowest BCUT2D eigenvalue weighted by molar-refractivity contribution is -0.130. The summed E-state index contributed by atoms with van der Waals surface area (Å²) >= 11 is 0. The monoisotopic (exact) mass is 395 g/mol. The van der Waals surface area contributed by atoms with Gasteiger partial charge >= 0.3 is 5.63 Å². The van der Waals surface area contributed by atoms with Gasteiger partial charge in [-0.3, -0.25) is 4.79 Å². The summed E-state index contributed by atoms with van der Waals surface area (Å²) in [6, 6.07) is 2.08. The standard InChI is InChI=1S/C24H29NO4/c1-14-16(8-9-20(26)25-10-6-7-11-25)23(27)29-22-15(2)21-18(12-17(14)22)19(13-28-21)24(3,4)5/h12-13H,6-11H2,1-5H3. The van der Waals surface area contributed by atoms with Crippen LogP contribution in [0.1, 0.15) is 62.3 Å². The van der Waals surface area contributed by atoms with Crippen LogP contribution >= 0.6 is 0 Å². The zero-order valence-corrected chi connectivity index (χ0v) is 18.0. The lowest BCUT2D eigenvalue weighted by atomic mass is 9.86. The minimum atomic E-state index is -0.353. The molecule has 3 heterocycles. The molecule has 0 unspecified atom stereocenters. The third-order valence-corrected chi connectivity index (χ3v) is 6.20. The molecular weight excluding hydrogens is 366 g/mol. The van der Waals surface area contributed by atoms with Crippen LogP contribution in [0.3, 0.4) is 0 Å². The van der Waals surface area contributed by atoms with Gasteiger partial charge in [0.05, 0.1) is 6.26 Å². The normalized spacial score (nSPS) is 15.0.